The molecule has 1 aromatic heterocycles. The molecule has 2 aromatic rings. The molecule has 0 saturated heterocycles. The standard InChI is InChI=1S/C13H14ClN3OS2/c1-2-18-11-7-4-3-6-10(11)15-12-16-17-13(20-12)19-9-5-8-14/h3-8H,2,9H2,1H3,(H,15,16)/b8-5-. The van der Waals surface area contributed by atoms with E-state index >= 15 is 0 Å². The van der Waals surface area contributed by atoms with Crippen LogP contribution in [0.4, 0.5) is 10.8 Å². The highest BCUT2D eigenvalue weighted by atomic mass is 35.5. The van der Waals surface area contributed by atoms with Crippen molar-refractivity contribution in [3.63, 3.8) is 0 Å². The normalized spacial score (nSPS) is 10.9. The average molecular weight is 328 g/mol. The second-order valence-electron chi connectivity index (χ2n) is 3.60. The largest absolute Gasteiger partial charge is 0.492 e. The quantitative estimate of drug-likeness (QED) is 0.757. The van der Waals surface area contributed by atoms with Crippen molar-refractivity contribution in [1.29, 1.82) is 0 Å². The first-order valence-electron chi connectivity index (χ1n) is 6.04. The molecule has 0 spiro atoms. The second-order valence-corrected chi connectivity index (χ2v) is 6.10. The van der Waals surface area contributed by atoms with Crippen LogP contribution in [0.3, 0.4) is 0 Å². The Morgan fingerprint density at radius 3 is 3.05 bits per heavy atom. The number of ether oxygens (including phenoxy) is 1. The Morgan fingerprint density at radius 1 is 1.40 bits per heavy atom. The van der Waals surface area contributed by atoms with Crippen LogP contribution in [0.25, 0.3) is 0 Å². The van der Waals surface area contributed by atoms with Gasteiger partial charge in [-0.25, -0.2) is 0 Å². The zero-order chi connectivity index (χ0) is 14.2. The molecule has 0 fully saturated rings. The van der Waals surface area contributed by atoms with E-state index in [-0.39, 0.29) is 0 Å². The van der Waals surface area contributed by atoms with Gasteiger partial charge in [-0.05, 0) is 19.1 Å². The summed E-state index contributed by atoms with van der Waals surface area (Å²) in [5.74, 6) is 1.60. The SMILES string of the molecule is CCOc1ccccc1Nc1nnc(SC/C=C\Cl)s1. The Morgan fingerprint density at radius 2 is 2.25 bits per heavy atom. The number of para-hydroxylation sites is 2. The third kappa shape index (κ3) is 4.40. The summed E-state index contributed by atoms with van der Waals surface area (Å²) in [6.07, 6.45) is 1.87. The van der Waals surface area contributed by atoms with Crippen LogP contribution in [0.15, 0.2) is 40.2 Å². The van der Waals surface area contributed by atoms with Gasteiger partial charge in [-0.2, -0.15) is 0 Å². The lowest BCUT2D eigenvalue weighted by Gasteiger charge is -2.09. The molecule has 7 heteroatoms. The minimum absolute atomic E-state index is 0.626. The summed E-state index contributed by atoms with van der Waals surface area (Å²) in [7, 11) is 0. The lowest BCUT2D eigenvalue weighted by Crippen LogP contribution is -1.97. The second kappa shape index (κ2) is 8.14. The summed E-state index contributed by atoms with van der Waals surface area (Å²) in [5.41, 5.74) is 2.40. The molecule has 0 bridgehead atoms. The zero-order valence-corrected chi connectivity index (χ0v) is 13.3. The highest BCUT2D eigenvalue weighted by molar-refractivity contribution is 8.01. The number of rotatable bonds is 7. The number of aromatic nitrogens is 2. The fraction of sp³-hybridized carbons (Fsp3) is 0.231. The first-order valence-corrected chi connectivity index (χ1v) is 8.27. The van der Waals surface area contributed by atoms with Crippen molar-refractivity contribution in [3.8, 4) is 5.75 Å². The fourth-order valence-electron chi connectivity index (χ4n) is 1.44. The van der Waals surface area contributed by atoms with Gasteiger partial charge in [0.2, 0.25) is 5.13 Å². The molecule has 0 aliphatic rings. The molecule has 106 valence electrons. The molecule has 20 heavy (non-hydrogen) atoms. The van der Waals surface area contributed by atoms with Gasteiger partial charge in [0.25, 0.3) is 0 Å². The van der Waals surface area contributed by atoms with E-state index in [1.165, 1.54) is 16.9 Å². The molecule has 0 amide bonds. The number of hydrogen-bond donors (Lipinski definition) is 1. The van der Waals surface area contributed by atoms with Gasteiger partial charge >= 0.3 is 0 Å². The van der Waals surface area contributed by atoms with Crippen molar-refractivity contribution >= 4 is 45.5 Å². The summed E-state index contributed by atoms with van der Waals surface area (Å²) in [6.45, 7) is 2.58. The number of hydrogen-bond acceptors (Lipinski definition) is 6. The minimum atomic E-state index is 0.626. The molecule has 0 saturated carbocycles. The van der Waals surface area contributed by atoms with E-state index in [4.69, 9.17) is 16.3 Å². The van der Waals surface area contributed by atoms with Crippen molar-refractivity contribution in [3.05, 3.63) is 35.9 Å². The van der Waals surface area contributed by atoms with Gasteiger partial charge in [0.05, 0.1) is 12.3 Å². The van der Waals surface area contributed by atoms with E-state index < -0.39 is 0 Å². The molecule has 4 nitrogen and oxygen atoms in total. The summed E-state index contributed by atoms with van der Waals surface area (Å²) in [6, 6.07) is 7.77. The third-order valence-corrected chi connectivity index (χ3v) is 4.33. The predicted octanol–water partition coefficient (Wildman–Crippen LogP) is 4.53. The average Bonchev–Trinajstić information content (AvgIpc) is 2.89. The molecular weight excluding hydrogens is 314 g/mol. The maximum atomic E-state index is 5.56. The van der Waals surface area contributed by atoms with Crippen molar-refractivity contribution in [2.24, 2.45) is 0 Å². The Balaban J connectivity index is 2.03. The van der Waals surface area contributed by atoms with Crippen molar-refractivity contribution in [2.45, 2.75) is 11.3 Å². The maximum Gasteiger partial charge on any atom is 0.210 e. The molecule has 1 heterocycles. The first-order chi connectivity index (χ1) is 9.83. The number of halogens is 1. The van der Waals surface area contributed by atoms with Gasteiger partial charge in [0.1, 0.15) is 5.75 Å². The molecule has 0 aliphatic carbocycles. The molecular formula is C13H14ClN3OS2. The van der Waals surface area contributed by atoms with Crippen LogP contribution < -0.4 is 10.1 Å². The summed E-state index contributed by atoms with van der Waals surface area (Å²) in [5, 5.41) is 12.2. The summed E-state index contributed by atoms with van der Waals surface area (Å²) >= 11 is 8.57. The Bertz CT molecular complexity index is 574. The number of nitrogens with zero attached hydrogens (tertiary/aromatic N) is 2. The van der Waals surface area contributed by atoms with Crippen LogP contribution >= 0.6 is 34.7 Å². The van der Waals surface area contributed by atoms with Gasteiger partial charge in [-0.15, -0.1) is 10.2 Å². The van der Waals surface area contributed by atoms with E-state index in [1.807, 2.05) is 37.3 Å². The van der Waals surface area contributed by atoms with E-state index in [0.717, 1.165) is 26.7 Å². The molecule has 2 rings (SSSR count). The lowest BCUT2D eigenvalue weighted by molar-refractivity contribution is 0.342. The van der Waals surface area contributed by atoms with Crippen LogP contribution in [0.1, 0.15) is 6.92 Å². The third-order valence-electron chi connectivity index (χ3n) is 2.23. The highest BCUT2D eigenvalue weighted by Crippen LogP contribution is 2.31. The van der Waals surface area contributed by atoms with Crippen LogP contribution in [0.2, 0.25) is 0 Å². The van der Waals surface area contributed by atoms with E-state index in [9.17, 15) is 0 Å². The monoisotopic (exact) mass is 327 g/mol. The minimum Gasteiger partial charge on any atom is -0.492 e. The van der Waals surface area contributed by atoms with Gasteiger partial charge in [0, 0.05) is 11.3 Å². The predicted molar refractivity (Wildman–Crippen MR) is 86.5 cm³/mol. The first kappa shape index (κ1) is 15.2. The van der Waals surface area contributed by atoms with Crippen molar-refractivity contribution in [2.75, 3.05) is 17.7 Å². The van der Waals surface area contributed by atoms with Gasteiger partial charge in [0.15, 0.2) is 4.34 Å². The van der Waals surface area contributed by atoms with Crippen molar-refractivity contribution < 1.29 is 4.74 Å². The number of benzene rings is 1. The van der Waals surface area contributed by atoms with E-state index in [0.29, 0.717) is 6.61 Å². The van der Waals surface area contributed by atoms with E-state index in [2.05, 4.69) is 15.5 Å². The molecule has 0 aliphatic heterocycles. The number of nitrogens with one attached hydrogen (secondary N) is 1. The van der Waals surface area contributed by atoms with Crippen LogP contribution in [0.5, 0.6) is 5.75 Å². The molecule has 1 N–H and O–H groups in total. The lowest BCUT2D eigenvalue weighted by atomic mass is 10.3. The number of anilines is 2. The van der Waals surface area contributed by atoms with E-state index in [1.54, 1.807) is 11.8 Å². The maximum absolute atomic E-state index is 5.56. The fourth-order valence-corrected chi connectivity index (χ4v) is 3.24. The Hall–Kier alpha value is -1.24. The summed E-state index contributed by atoms with van der Waals surface area (Å²) in [4.78, 5) is 0. The zero-order valence-electron chi connectivity index (χ0n) is 10.9. The molecule has 0 radical (unpaired) electrons. The Kier molecular flexibility index (Phi) is 6.17. The highest BCUT2D eigenvalue weighted by Gasteiger charge is 2.07. The molecule has 1 aromatic carbocycles. The molecule has 0 atom stereocenters. The smallest absolute Gasteiger partial charge is 0.210 e. The van der Waals surface area contributed by atoms with Gasteiger partial charge in [-0.3, -0.25) is 0 Å². The summed E-state index contributed by atoms with van der Waals surface area (Å²) < 4.78 is 6.46. The topological polar surface area (TPSA) is 47.0 Å². The molecule has 0 unspecified atom stereocenters. The van der Waals surface area contributed by atoms with Gasteiger partial charge < -0.3 is 10.1 Å². The number of thioether (sulfide) groups is 1. The van der Waals surface area contributed by atoms with Crippen LogP contribution in [0, 0.1) is 0 Å². The van der Waals surface area contributed by atoms with Crippen molar-refractivity contribution in [1.82, 2.24) is 10.2 Å². The Labute approximate surface area is 131 Å². The van der Waals surface area contributed by atoms with Gasteiger partial charge in [-0.1, -0.05) is 52.9 Å². The van der Waals surface area contributed by atoms with Crippen LogP contribution in [-0.4, -0.2) is 22.6 Å². The van der Waals surface area contributed by atoms with Crippen LogP contribution in [-0.2, 0) is 0 Å².